The Labute approximate surface area is 143 Å². The van der Waals surface area contributed by atoms with E-state index >= 15 is 0 Å². The van der Waals surface area contributed by atoms with Crippen LogP contribution < -0.4 is 0 Å². The second-order valence-electron chi connectivity index (χ2n) is 6.86. The van der Waals surface area contributed by atoms with Crippen LogP contribution >= 0.6 is 0 Å². The lowest BCUT2D eigenvalue weighted by Gasteiger charge is -2.24. The van der Waals surface area contributed by atoms with Gasteiger partial charge >= 0.3 is 0 Å². The first-order chi connectivity index (χ1) is 10.8. The molecule has 1 aromatic carbocycles. The van der Waals surface area contributed by atoms with E-state index in [1.54, 1.807) is 0 Å². The van der Waals surface area contributed by atoms with Gasteiger partial charge in [-0.3, -0.25) is 4.70 Å². The zero-order valence-electron chi connectivity index (χ0n) is 15.6. The summed E-state index contributed by atoms with van der Waals surface area (Å²) in [6, 6.07) is 11.5. The third-order valence-corrected chi connectivity index (χ3v) is 4.64. The first kappa shape index (κ1) is 22.1. The Balaban J connectivity index is 0.00000484. The van der Waals surface area contributed by atoms with Gasteiger partial charge in [0.05, 0.1) is 0 Å². The van der Waals surface area contributed by atoms with Gasteiger partial charge in [-0.25, -0.2) is 0 Å². The van der Waals surface area contributed by atoms with E-state index in [2.05, 4.69) is 56.3 Å². The molecule has 1 nitrogen and oxygen atoms in total. The molecule has 0 N–H and O–H groups in total. The van der Waals surface area contributed by atoms with Gasteiger partial charge < -0.3 is 4.90 Å². The van der Waals surface area contributed by atoms with Crippen LogP contribution in [0, 0.1) is 0 Å². The van der Waals surface area contributed by atoms with E-state index < -0.39 is 0 Å². The Bertz CT molecular complexity index is 350. The Morgan fingerprint density at radius 3 is 1.70 bits per heavy atom. The molecule has 0 aliphatic heterocycles. The Kier molecular flexibility index (Phi) is 14.1. The quantitative estimate of drug-likeness (QED) is 0.363. The van der Waals surface area contributed by atoms with Crippen molar-refractivity contribution in [3.63, 3.8) is 0 Å². The van der Waals surface area contributed by atoms with Crippen molar-refractivity contribution < 1.29 is 4.70 Å². The lowest BCUT2D eigenvalue weighted by molar-refractivity contribution is 0.276. The predicted octanol–water partition coefficient (Wildman–Crippen LogP) is 6.75. The molecule has 0 radical (unpaired) electrons. The number of rotatable bonds is 13. The molecule has 0 heterocycles. The Morgan fingerprint density at radius 2 is 1.22 bits per heavy atom. The molecule has 0 fully saturated rings. The van der Waals surface area contributed by atoms with Crippen LogP contribution in [0.15, 0.2) is 30.3 Å². The SMILES string of the molecule is CCCCCCCCCCCCC(c1ccccc1)N(C)C.F. The Hall–Kier alpha value is -0.890. The topological polar surface area (TPSA) is 3.24 Å². The molecule has 1 aromatic rings. The summed E-state index contributed by atoms with van der Waals surface area (Å²) >= 11 is 0. The van der Waals surface area contributed by atoms with E-state index in [9.17, 15) is 0 Å². The summed E-state index contributed by atoms with van der Waals surface area (Å²) in [4.78, 5) is 2.36. The predicted molar refractivity (Wildman–Crippen MR) is 102 cm³/mol. The average Bonchev–Trinajstić information content (AvgIpc) is 2.53. The normalized spacial score (nSPS) is 12.2. The summed E-state index contributed by atoms with van der Waals surface area (Å²) < 4.78 is 0. The standard InChI is InChI=1S/C21H37N.FH/c1-4-5-6-7-8-9-10-11-12-16-19-21(22(2)3)20-17-14-13-15-18-20;/h13-15,17-18,21H,4-12,16,19H2,1-3H3;1H. The molecule has 0 aliphatic rings. The van der Waals surface area contributed by atoms with Crippen molar-refractivity contribution in [2.75, 3.05) is 14.1 Å². The minimum Gasteiger partial charge on any atom is -0.302 e. The Morgan fingerprint density at radius 1 is 0.739 bits per heavy atom. The molecule has 0 saturated carbocycles. The first-order valence-corrected chi connectivity index (χ1v) is 9.47. The van der Waals surface area contributed by atoms with Crippen molar-refractivity contribution in [2.24, 2.45) is 0 Å². The van der Waals surface area contributed by atoms with E-state index in [0.717, 1.165) is 0 Å². The third-order valence-electron chi connectivity index (χ3n) is 4.64. The zero-order chi connectivity index (χ0) is 16.0. The van der Waals surface area contributed by atoms with Gasteiger partial charge in [0, 0.05) is 6.04 Å². The van der Waals surface area contributed by atoms with Crippen LogP contribution in [0.1, 0.15) is 89.2 Å². The van der Waals surface area contributed by atoms with Gasteiger partial charge in [-0.1, -0.05) is 101 Å². The molecular formula is C21H38FN. The summed E-state index contributed by atoms with van der Waals surface area (Å²) in [6.07, 6.45) is 15.5. The summed E-state index contributed by atoms with van der Waals surface area (Å²) in [5.74, 6) is 0. The molecule has 0 amide bonds. The minimum atomic E-state index is 0. The summed E-state index contributed by atoms with van der Waals surface area (Å²) in [7, 11) is 4.40. The molecule has 1 atom stereocenters. The summed E-state index contributed by atoms with van der Waals surface area (Å²) in [5, 5.41) is 0. The highest BCUT2D eigenvalue weighted by atomic mass is 19.0. The van der Waals surface area contributed by atoms with Crippen molar-refractivity contribution >= 4 is 0 Å². The highest BCUT2D eigenvalue weighted by Gasteiger charge is 2.12. The maximum Gasteiger partial charge on any atom is 0.0342 e. The fourth-order valence-corrected chi connectivity index (χ4v) is 3.22. The monoisotopic (exact) mass is 323 g/mol. The van der Waals surface area contributed by atoms with E-state index in [4.69, 9.17) is 0 Å². The molecule has 0 spiro atoms. The van der Waals surface area contributed by atoms with Crippen molar-refractivity contribution in [2.45, 2.75) is 83.6 Å². The average molecular weight is 324 g/mol. The van der Waals surface area contributed by atoms with Gasteiger partial charge in [-0.05, 0) is 26.1 Å². The third kappa shape index (κ3) is 10.5. The van der Waals surface area contributed by atoms with Crippen molar-refractivity contribution in [3.8, 4) is 0 Å². The molecule has 23 heavy (non-hydrogen) atoms. The van der Waals surface area contributed by atoms with E-state index in [0.29, 0.717) is 6.04 Å². The van der Waals surface area contributed by atoms with Gasteiger partial charge in [0.25, 0.3) is 0 Å². The molecule has 1 rings (SSSR count). The summed E-state index contributed by atoms with van der Waals surface area (Å²) in [6.45, 7) is 2.29. The van der Waals surface area contributed by atoms with Crippen LogP contribution in [0.4, 0.5) is 4.70 Å². The van der Waals surface area contributed by atoms with Crippen LogP contribution in [0.3, 0.4) is 0 Å². The molecule has 134 valence electrons. The lowest BCUT2D eigenvalue weighted by atomic mass is 9.98. The molecule has 1 unspecified atom stereocenters. The number of hydrogen-bond donors (Lipinski definition) is 0. The van der Waals surface area contributed by atoms with Crippen molar-refractivity contribution in [1.82, 2.24) is 4.90 Å². The molecule has 0 aromatic heterocycles. The van der Waals surface area contributed by atoms with Gasteiger partial charge in [0.2, 0.25) is 0 Å². The fraction of sp³-hybridized carbons (Fsp3) is 0.714. The van der Waals surface area contributed by atoms with Crippen LogP contribution in [-0.4, -0.2) is 19.0 Å². The molecule has 0 aliphatic carbocycles. The van der Waals surface area contributed by atoms with Crippen LogP contribution in [0.25, 0.3) is 0 Å². The second-order valence-corrected chi connectivity index (χ2v) is 6.86. The lowest BCUT2D eigenvalue weighted by Crippen LogP contribution is -2.19. The fourth-order valence-electron chi connectivity index (χ4n) is 3.22. The number of nitrogens with zero attached hydrogens (tertiary/aromatic N) is 1. The maximum atomic E-state index is 2.36. The first-order valence-electron chi connectivity index (χ1n) is 9.47. The minimum absolute atomic E-state index is 0. The highest BCUT2D eigenvalue weighted by Crippen LogP contribution is 2.24. The number of unbranched alkanes of at least 4 members (excludes halogenated alkanes) is 9. The van der Waals surface area contributed by atoms with Crippen molar-refractivity contribution in [3.05, 3.63) is 35.9 Å². The van der Waals surface area contributed by atoms with E-state index in [1.165, 1.54) is 76.2 Å². The number of benzene rings is 1. The highest BCUT2D eigenvalue weighted by molar-refractivity contribution is 5.18. The van der Waals surface area contributed by atoms with E-state index in [-0.39, 0.29) is 4.70 Å². The molecular weight excluding hydrogens is 285 g/mol. The molecule has 2 heteroatoms. The smallest absolute Gasteiger partial charge is 0.0342 e. The van der Waals surface area contributed by atoms with Gasteiger partial charge in [0.1, 0.15) is 0 Å². The maximum absolute atomic E-state index is 2.36. The van der Waals surface area contributed by atoms with E-state index in [1.807, 2.05) is 0 Å². The zero-order valence-corrected chi connectivity index (χ0v) is 15.6. The van der Waals surface area contributed by atoms with Gasteiger partial charge in [-0.2, -0.15) is 0 Å². The van der Waals surface area contributed by atoms with Gasteiger partial charge in [0.15, 0.2) is 0 Å². The molecule has 0 saturated heterocycles. The van der Waals surface area contributed by atoms with Gasteiger partial charge in [-0.15, -0.1) is 0 Å². The largest absolute Gasteiger partial charge is 0.302 e. The number of hydrogen-bond acceptors (Lipinski definition) is 1. The summed E-state index contributed by atoms with van der Waals surface area (Å²) in [5.41, 5.74) is 1.46. The van der Waals surface area contributed by atoms with Crippen LogP contribution in [0.5, 0.6) is 0 Å². The number of halogens is 1. The molecule has 0 bridgehead atoms. The van der Waals surface area contributed by atoms with Crippen LogP contribution in [-0.2, 0) is 0 Å². The van der Waals surface area contributed by atoms with Crippen molar-refractivity contribution in [1.29, 1.82) is 0 Å². The van der Waals surface area contributed by atoms with Crippen LogP contribution in [0.2, 0.25) is 0 Å². The second kappa shape index (κ2) is 14.7.